The predicted octanol–water partition coefficient (Wildman–Crippen LogP) is 2.71. The summed E-state index contributed by atoms with van der Waals surface area (Å²) in [7, 11) is 0. The van der Waals surface area contributed by atoms with Crippen LogP contribution in [-0.2, 0) is 0 Å². The van der Waals surface area contributed by atoms with E-state index >= 15 is 0 Å². The number of hydrogen-bond donors (Lipinski definition) is 1. The molecule has 1 amide bonds. The van der Waals surface area contributed by atoms with Gasteiger partial charge >= 0.3 is 5.97 Å². The van der Waals surface area contributed by atoms with Crippen LogP contribution in [0.15, 0.2) is 12.1 Å². The first-order valence-corrected chi connectivity index (χ1v) is 6.83. The van der Waals surface area contributed by atoms with Crippen molar-refractivity contribution in [3.8, 4) is 0 Å². The number of nitrogens with zero attached hydrogens (tertiary/aromatic N) is 1. The maximum absolute atomic E-state index is 12.2. The highest BCUT2D eigenvalue weighted by Gasteiger charge is 2.29. The number of carboxylic acids is 1. The fraction of sp³-hybridized carbons (Fsp3) is 0.538. The number of rotatable bonds is 2. The van der Waals surface area contributed by atoms with Crippen molar-refractivity contribution in [3.63, 3.8) is 0 Å². The Morgan fingerprint density at radius 2 is 1.78 bits per heavy atom. The van der Waals surface area contributed by atoms with E-state index in [1.165, 1.54) is 6.07 Å². The molecule has 0 aliphatic carbocycles. The van der Waals surface area contributed by atoms with Crippen LogP contribution in [0.3, 0.4) is 0 Å². The van der Waals surface area contributed by atoms with E-state index in [1.54, 1.807) is 6.07 Å². The molecule has 1 aromatic heterocycles. The quantitative estimate of drug-likeness (QED) is 0.896. The number of aromatic carboxylic acids is 1. The second-order valence-electron chi connectivity index (χ2n) is 5.43. The van der Waals surface area contributed by atoms with Gasteiger partial charge in [0, 0.05) is 13.1 Å². The SMILES string of the molecule is CC1(C)CCN(C(=O)c2ccc(C(=O)O)s2)CC1. The standard InChI is InChI=1S/C13H17NO3S/c1-13(2)5-7-14(8-6-13)11(15)9-3-4-10(18-9)12(16)17/h3-4H,5-8H2,1-2H3,(H,16,17). The molecule has 0 radical (unpaired) electrons. The molecule has 0 bridgehead atoms. The normalized spacial score (nSPS) is 18.7. The average Bonchev–Trinajstić information content (AvgIpc) is 2.77. The van der Waals surface area contributed by atoms with E-state index in [0.717, 1.165) is 37.3 Å². The van der Waals surface area contributed by atoms with Crippen LogP contribution in [-0.4, -0.2) is 35.0 Å². The van der Waals surface area contributed by atoms with Crippen LogP contribution in [0.4, 0.5) is 0 Å². The van der Waals surface area contributed by atoms with Gasteiger partial charge in [-0.25, -0.2) is 4.79 Å². The van der Waals surface area contributed by atoms with Crippen molar-refractivity contribution in [2.24, 2.45) is 5.41 Å². The van der Waals surface area contributed by atoms with Crippen LogP contribution >= 0.6 is 11.3 Å². The number of carbonyl (C=O) groups is 2. The number of carboxylic acid groups (broad SMARTS) is 1. The molecule has 1 aliphatic heterocycles. The molecule has 18 heavy (non-hydrogen) atoms. The van der Waals surface area contributed by atoms with Gasteiger partial charge in [0.05, 0.1) is 4.88 Å². The lowest BCUT2D eigenvalue weighted by molar-refractivity contribution is 0.0634. The van der Waals surface area contributed by atoms with E-state index in [1.807, 2.05) is 4.90 Å². The van der Waals surface area contributed by atoms with Crippen LogP contribution in [0.1, 0.15) is 46.0 Å². The molecule has 98 valence electrons. The van der Waals surface area contributed by atoms with Crippen molar-refractivity contribution in [2.75, 3.05) is 13.1 Å². The van der Waals surface area contributed by atoms with Gasteiger partial charge in [0.15, 0.2) is 0 Å². The molecule has 5 heteroatoms. The number of hydrogen-bond acceptors (Lipinski definition) is 3. The molecular formula is C13H17NO3S. The second-order valence-corrected chi connectivity index (χ2v) is 6.51. The molecule has 0 saturated carbocycles. The molecule has 0 unspecified atom stereocenters. The Kier molecular flexibility index (Phi) is 3.43. The molecule has 4 nitrogen and oxygen atoms in total. The lowest BCUT2D eigenvalue weighted by atomic mass is 9.82. The van der Waals surface area contributed by atoms with Crippen molar-refractivity contribution in [1.82, 2.24) is 4.90 Å². The summed E-state index contributed by atoms with van der Waals surface area (Å²) in [4.78, 5) is 25.5. The zero-order valence-electron chi connectivity index (χ0n) is 10.6. The number of piperidine rings is 1. The smallest absolute Gasteiger partial charge is 0.345 e. The number of amides is 1. The summed E-state index contributed by atoms with van der Waals surface area (Å²) in [5.74, 6) is -1.01. The Labute approximate surface area is 110 Å². The van der Waals surface area contributed by atoms with Gasteiger partial charge < -0.3 is 10.0 Å². The first kappa shape index (κ1) is 13.1. The van der Waals surface area contributed by atoms with E-state index in [9.17, 15) is 9.59 Å². The number of likely N-dealkylation sites (tertiary alicyclic amines) is 1. The van der Waals surface area contributed by atoms with Crippen molar-refractivity contribution >= 4 is 23.2 Å². The summed E-state index contributed by atoms with van der Waals surface area (Å²) >= 11 is 1.05. The third-order valence-electron chi connectivity index (χ3n) is 3.43. The highest BCUT2D eigenvalue weighted by atomic mass is 32.1. The molecular weight excluding hydrogens is 250 g/mol. The fourth-order valence-corrected chi connectivity index (χ4v) is 2.85. The zero-order chi connectivity index (χ0) is 13.3. The summed E-state index contributed by atoms with van der Waals surface area (Å²) < 4.78 is 0. The van der Waals surface area contributed by atoms with Crippen LogP contribution in [0.5, 0.6) is 0 Å². The van der Waals surface area contributed by atoms with Crippen LogP contribution in [0.25, 0.3) is 0 Å². The van der Waals surface area contributed by atoms with Gasteiger partial charge in [0.2, 0.25) is 0 Å². The highest BCUT2D eigenvalue weighted by molar-refractivity contribution is 7.15. The molecule has 2 rings (SSSR count). The van der Waals surface area contributed by atoms with Crippen molar-refractivity contribution in [1.29, 1.82) is 0 Å². The number of thiophene rings is 1. The Hall–Kier alpha value is -1.36. The highest BCUT2D eigenvalue weighted by Crippen LogP contribution is 2.31. The minimum Gasteiger partial charge on any atom is -0.477 e. The van der Waals surface area contributed by atoms with Gasteiger partial charge in [-0.15, -0.1) is 11.3 Å². The Balaban J connectivity index is 2.05. The van der Waals surface area contributed by atoms with Gasteiger partial charge in [0.25, 0.3) is 5.91 Å². The van der Waals surface area contributed by atoms with E-state index in [0.29, 0.717) is 10.3 Å². The zero-order valence-corrected chi connectivity index (χ0v) is 11.4. The summed E-state index contributed by atoms with van der Waals surface area (Å²) in [6.45, 7) is 5.93. The van der Waals surface area contributed by atoms with E-state index < -0.39 is 5.97 Å². The molecule has 1 fully saturated rings. The monoisotopic (exact) mass is 267 g/mol. The molecule has 0 spiro atoms. The number of carbonyl (C=O) groups excluding carboxylic acids is 1. The molecule has 1 N–H and O–H groups in total. The van der Waals surface area contributed by atoms with Gasteiger partial charge in [0.1, 0.15) is 4.88 Å². The van der Waals surface area contributed by atoms with E-state index in [-0.39, 0.29) is 10.8 Å². The Morgan fingerprint density at radius 3 is 2.28 bits per heavy atom. The van der Waals surface area contributed by atoms with E-state index in [4.69, 9.17) is 5.11 Å². The molecule has 0 atom stereocenters. The molecule has 1 saturated heterocycles. The van der Waals surface area contributed by atoms with Crippen molar-refractivity contribution in [2.45, 2.75) is 26.7 Å². The summed E-state index contributed by atoms with van der Waals surface area (Å²) in [6, 6.07) is 3.10. The summed E-state index contributed by atoms with van der Waals surface area (Å²) in [6.07, 6.45) is 1.99. The van der Waals surface area contributed by atoms with Gasteiger partial charge in [-0.2, -0.15) is 0 Å². The maximum Gasteiger partial charge on any atom is 0.345 e. The van der Waals surface area contributed by atoms with Crippen molar-refractivity contribution < 1.29 is 14.7 Å². The maximum atomic E-state index is 12.2. The first-order valence-electron chi connectivity index (χ1n) is 6.01. The van der Waals surface area contributed by atoms with Crippen LogP contribution in [0.2, 0.25) is 0 Å². The first-order chi connectivity index (χ1) is 8.39. The minimum absolute atomic E-state index is 0.0389. The predicted molar refractivity (Wildman–Crippen MR) is 70.2 cm³/mol. The Morgan fingerprint density at radius 1 is 1.22 bits per heavy atom. The van der Waals surface area contributed by atoms with Gasteiger partial charge in [-0.1, -0.05) is 13.8 Å². The van der Waals surface area contributed by atoms with E-state index in [2.05, 4.69) is 13.8 Å². The third-order valence-corrected chi connectivity index (χ3v) is 4.49. The van der Waals surface area contributed by atoms with Gasteiger partial charge in [-0.05, 0) is 30.4 Å². The molecule has 1 aromatic rings. The van der Waals surface area contributed by atoms with Crippen LogP contribution in [0, 0.1) is 5.41 Å². The fourth-order valence-electron chi connectivity index (χ4n) is 2.04. The lowest BCUT2D eigenvalue weighted by Crippen LogP contribution is -2.40. The summed E-state index contributed by atoms with van der Waals surface area (Å²) in [5.41, 5.74) is 0.304. The summed E-state index contributed by atoms with van der Waals surface area (Å²) in [5, 5.41) is 8.84. The molecule has 2 heterocycles. The van der Waals surface area contributed by atoms with Gasteiger partial charge in [-0.3, -0.25) is 4.79 Å². The molecule has 1 aliphatic rings. The topological polar surface area (TPSA) is 57.6 Å². The van der Waals surface area contributed by atoms with Crippen molar-refractivity contribution in [3.05, 3.63) is 21.9 Å². The Bertz CT molecular complexity index is 468. The average molecular weight is 267 g/mol. The third kappa shape index (κ3) is 2.72. The molecule has 0 aromatic carbocycles. The minimum atomic E-state index is -0.973. The largest absolute Gasteiger partial charge is 0.477 e. The van der Waals surface area contributed by atoms with Crippen LogP contribution < -0.4 is 0 Å². The second kappa shape index (κ2) is 4.72. The lowest BCUT2D eigenvalue weighted by Gasteiger charge is -2.36.